The summed E-state index contributed by atoms with van der Waals surface area (Å²) in [5, 5.41) is 20.4. The predicted octanol–water partition coefficient (Wildman–Crippen LogP) is 1.87. The lowest BCUT2D eigenvalue weighted by Gasteiger charge is -2.27. The van der Waals surface area contributed by atoms with E-state index in [0.29, 0.717) is 0 Å². The molecule has 2 rings (SSSR count). The zero-order valence-corrected chi connectivity index (χ0v) is 13.1. The molecular weight excluding hydrogens is 296 g/mol. The van der Waals surface area contributed by atoms with E-state index in [4.69, 9.17) is 9.47 Å². The third kappa shape index (κ3) is 3.69. The molecule has 1 aromatic rings. The molecule has 2 N–H and O–H groups in total. The van der Waals surface area contributed by atoms with Crippen molar-refractivity contribution in [2.75, 3.05) is 19.1 Å². The van der Waals surface area contributed by atoms with Crippen molar-refractivity contribution in [3.05, 3.63) is 35.9 Å². The predicted molar refractivity (Wildman–Crippen MR) is 82.8 cm³/mol. The van der Waals surface area contributed by atoms with Crippen molar-refractivity contribution in [1.29, 1.82) is 0 Å². The van der Waals surface area contributed by atoms with Crippen molar-refractivity contribution in [3.63, 3.8) is 0 Å². The standard InChI is InChI=1S/C14H20O4S2/c1-19-14(20-2)12(16)11(15)10-8-17-13(18-10)9-6-4-3-5-7-9/h3-7,10-16H,8H2,1-2H3/t10-,11?,12?,13-/m1/s1. The number of aliphatic hydroxyl groups excluding tert-OH is 2. The van der Waals surface area contributed by atoms with E-state index in [9.17, 15) is 10.2 Å². The molecule has 1 heterocycles. The van der Waals surface area contributed by atoms with Gasteiger partial charge in [0.1, 0.15) is 18.3 Å². The van der Waals surface area contributed by atoms with Crippen LogP contribution in [0.15, 0.2) is 30.3 Å². The molecule has 20 heavy (non-hydrogen) atoms. The summed E-state index contributed by atoms with van der Waals surface area (Å²) in [5.41, 5.74) is 0.919. The van der Waals surface area contributed by atoms with Gasteiger partial charge < -0.3 is 19.7 Å². The van der Waals surface area contributed by atoms with Crippen molar-refractivity contribution >= 4 is 23.5 Å². The number of aliphatic hydroxyl groups is 2. The summed E-state index contributed by atoms with van der Waals surface area (Å²) in [6, 6.07) is 9.59. The lowest BCUT2D eigenvalue weighted by Crippen LogP contribution is -2.43. The fraction of sp³-hybridized carbons (Fsp3) is 0.571. The second kappa shape index (κ2) is 7.68. The monoisotopic (exact) mass is 316 g/mol. The average molecular weight is 316 g/mol. The molecule has 0 aromatic heterocycles. The Labute approximate surface area is 127 Å². The molecule has 0 amide bonds. The summed E-state index contributed by atoms with van der Waals surface area (Å²) in [5.74, 6) is 0. The molecule has 0 spiro atoms. The molecule has 0 aliphatic carbocycles. The van der Waals surface area contributed by atoms with Crippen LogP contribution in [0.3, 0.4) is 0 Å². The van der Waals surface area contributed by atoms with Gasteiger partial charge >= 0.3 is 0 Å². The Morgan fingerprint density at radius 2 is 1.80 bits per heavy atom. The molecule has 4 nitrogen and oxygen atoms in total. The van der Waals surface area contributed by atoms with Crippen LogP contribution in [0.2, 0.25) is 0 Å². The van der Waals surface area contributed by atoms with E-state index in [-0.39, 0.29) is 11.2 Å². The van der Waals surface area contributed by atoms with Gasteiger partial charge in [-0.3, -0.25) is 0 Å². The van der Waals surface area contributed by atoms with Crippen molar-refractivity contribution < 1.29 is 19.7 Å². The van der Waals surface area contributed by atoms with Gasteiger partial charge in [-0.15, -0.1) is 23.5 Å². The van der Waals surface area contributed by atoms with Gasteiger partial charge in [0.05, 0.1) is 11.2 Å². The van der Waals surface area contributed by atoms with Gasteiger partial charge in [0.15, 0.2) is 6.29 Å². The molecule has 1 aromatic carbocycles. The highest BCUT2D eigenvalue weighted by atomic mass is 32.2. The first kappa shape index (κ1) is 16.1. The molecule has 1 aliphatic heterocycles. The third-order valence-electron chi connectivity index (χ3n) is 3.26. The van der Waals surface area contributed by atoms with Crippen molar-refractivity contribution in [3.8, 4) is 0 Å². The molecule has 1 fully saturated rings. The first-order valence-corrected chi connectivity index (χ1v) is 8.98. The second-order valence-corrected chi connectivity index (χ2v) is 6.83. The molecule has 4 atom stereocenters. The van der Waals surface area contributed by atoms with Gasteiger partial charge in [0.2, 0.25) is 0 Å². The Balaban J connectivity index is 1.95. The molecular formula is C14H20O4S2. The molecule has 6 heteroatoms. The molecule has 1 saturated heterocycles. The molecule has 0 saturated carbocycles. The summed E-state index contributed by atoms with van der Waals surface area (Å²) in [7, 11) is 0. The number of rotatable bonds is 6. The SMILES string of the molecule is CSC(SC)C(O)C(O)[C@H]1CO[C@@H](c2ccccc2)O1. The normalized spacial score (nSPS) is 25.9. The Kier molecular flexibility index (Phi) is 6.20. The largest absolute Gasteiger partial charge is 0.388 e. The van der Waals surface area contributed by atoms with E-state index < -0.39 is 24.6 Å². The number of hydrogen-bond donors (Lipinski definition) is 2. The Morgan fingerprint density at radius 3 is 2.40 bits per heavy atom. The van der Waals surface area contributed by atoms with Crippen LogP contribution in [0.1, 0.15) is 11.9 Å². The lowest BCUT2D eigenvalue weighted by atomic mass is 10.1. The third-order valence-corrected chi connectivity index (χ3v) is 5.90. The Morgan fingerprint density at radius 1 is 1.15 bits per heavy atom. The Hall–Kier alpha value is -0.240. The quantitative estimate of drug-likeness (QED) is 0.782. The number of thioether (sulfide) groups is 2. The maximum Gasteiger partial charge on any atom is 0.184 e. The topological polar surface area (TPSA) is 58.9 Å². The summed E-state index contributed by atoms with van der Waals surface area (Å²) >= 11 is 3.04. The van der Waals surface area contributed by atoms with E-state index in [1.807, 2.05) is 42.8 Å². The smallest absolute Gasteiger partial charge is 0.184 e. The van der Waals surface area contributed by atoms with Gasteiger partial charge in [-0.25, -0.2) is 0 Å². The maximum atomic E-state index is 10.2. The first-order chi connectivity index (χ1) is 9.67. The first-order valence-electron chi connectivity index (χ1n) is 6.41. The van der Waals surface area contributed by atoms with Gasteiger partial charge in [-0.2, -0.15) is 0 Å². The van der Waals surface area contributed by atoms with E-state index in [2.05, 4.69) is 0 Å². The highest BCUT2D eigenvalue weighted by Gasteiger charge is 2.38. The summed E-state index contributed by atoms with van der Waals surface area (Å²) in [6.45, 7) is 0.285. The number of ether oxygens (including phenoxy) is 2. The minimum absolute atomic E-state index is 0.0793. The van der Waals surface area contributed by atoms with Crippen LogP contribution in [-0.2, 0) is 9.47 Å². The van der Waals surface area contributed by atoms with Crippen molar-refractivity contribution in [2.24, 2.45) is 0 Å². The van der Waals surface area contributed by atoms with Gasteiger partial charge in [0.25, 0.3) is 0 Å². The molecule has 2 unspecified atom stereocenters. The molecule has 0 radical (unpaired) electrons. The van der Waals surface area contributed by atoms with Crippen molar-refractivity contribution in [2.45, 2.75) is 29.2 Å². The van der Waals surface area contributed by atoms with Crippen LogP contribution in [-0.4, -0.2) is 52.2 Å². The second-order valence-electron chi connectivity index (χ2n) is 4.57. The van der Waals surface area contributed by atoms with Gasteiger partial charge in [-0.1, -0.05) is 30.3 Å². The van der Waals surface area contributed by atoms with Crippen LogP contribution in [0.25, 0.3) is 0 Å². The van der Waals surface area contributed by atoms with E-state index in [0.717, 1.165) is 5.56 Å². The van der Waals surface area contributed by atoms with Crippen LogP contribution >= 0.6 is 23.5 Å². The highest BCUT2D eigenvalue weighted by molar-refractivity contribution is 8.16. The zero-order chi connectivity index (χ0) is 14.5. The average Bonchev–Trinajstić information content (AvgIpc) is 2.98. The highest BCUT2D eigenvalue weighted by Crippen LogP contribution is 2.31. The van der Waals surface area contributed by atoms with E-state index >= 15 is 0 Å². The number of benzene rings is 1. The van der Waals surface area contributed by atoms with E-state index in [1.165, 1.54) is 23.5 Å². The fourth-order valence-electron chi connectivity index (χ4n) is 2.14. The minimum Gasteiger partial charge on any atom is -0.388 e. The molecule has 0 bridgehead atoms. The van der Waals surface area contributed by atoms with Gasteiger partial charge in [0, 0.05) is 5.56 Å². The van der Waals surface area contributed by atoms with Crippen LogP contribution in [0.5, 0.6) is 0 Å². The summed E-state index contributed by atoms with van der Waals surface area (Å²) < 4.78 is 11.2. The number of hydrogen-bond acceptors (Lipinski definition) is 6. The van der Waals surface area contributed by atoms with E-state index in [1.54, 1.807) is 0 Å². The maximum absolute atomic E-state index is 10.2. The molecule has 1 aliphatic rings. The van der Waals surface area contributed by atoms with Gasteiger partial charge in [-0.05, 0) is 12.5 Å². The van der Waals surface area contributed by atoms with Crippen LogP contribution < -0.4 is 0 Å². The minimum atomic E-state index is -0.950. The van der Waals surface area contributed by atoms with Crippen LogP contribution in [0, 0.1) is 0 Å². The Bertz CT molecular complexity index is 399. The zero-order valence-electron chi connectivity index (χ0n) is 11.5. The summed E-state index contributed by atoms with van der Waals surface area (Å²) in [4.78, 5) is 0. The van der Waals surface area contributed by atoms with Crippen molar-refractivity contribution in [1.82, 2.24) is 0 Å². The molecule has 112 valence electrons. The lowest BCUT2D eigenvalue weighted by molar-refractivity contribution is -0.104. The fourth-order valence-corrected chi connectivity index (χ4v) is 3.79. The summed E-state index contributed by atoms with van der Waals surface area (Å²) in [6.07, 6.45) is 1.06. The van der Waals surface area contributed by atoms with Crippen LogP contribution in [0.4, 0.5) is 0 Å².